The number of nitrogens with one attached hydrogen (secondary N) is 1. The molecule has 33 heavy (non-hydrogen) atoms. The molecule has 1 aromatic carbocycles. The number of carbonyl (C=O) groups is 1. The van der Waals surface area contributed by atoms with E-state index in [0.29, 0.717) is 30.2 Å². The highest BCUT2D eigenvalue weighted by Crippen LogP contribution is 2.38. The summed E-state index contributed by atoms with van der Waals surface area (Å²) in [7, 11) is 0. The van der Waals surface area contributed by atoms with E-state index in [-0.39, 0.29) is 30.7 Å². The van der Waals surface area contributed by atoms with Gasteiger partial charge in [-0.15, -0.1) is 11.3 Å². The Morgan fingerprint density at radius 2 is 1.91 bits per heavy atom. The molecule has 2 aromatic heterocycles. The number of benzene rings is 1. The molecule has 1 saturated heterocycles. The van der Waals surface area contributed by atoms with Crippen LogP contribution in [0.1, 0.15) is 60.7 Å². The van der Waals surface area contributed by atoms with Crippen molar-refractivity contribution in [1.29, 1.82) is 0 Å². The molecule has 174 valence electrons. The zero-order chi connectivity index (χ0) is 22.8. The first-order valence-electron chi connectivity index (χ1n) is 11.6. The predicted octanol–water partition coefficient (Wildman–Crippen LogP) is 6.36. The number of rotatable bonds is 6. The zero-order valence-corrected chi connectivity index (χ0v) is 19.2. The Morgan fingerprint density at radius 3 is 2.70 bits per heavy atom. The van der Waals surface area contributed by atoms with Crippen LogP contribution in [0.4, 0.5) is 19.6 Å². The van der Waals surface area contributed by atoms with Crippen molar-refractivity contribution < 1.29 is 13.6 Å². The lowest BCUT2D eigenvalue weighted by atomic mass is 9.87. The molecule has 5 rings (SSSR count). The molecule has 8 heteroatoms. The number of alkyl halides is 2. The molecular formula is C25H28F2N4OS. The number of amides is 1. The summed E-state index contributed by atoms with van der Waals surface area (Å²) in [5.41, 5.74) is 2.71. The van der Waals surface area contributed by atoms with Crippen LogP contribution in [0.3, 0.4) is 0 Å². The van der Waals surface area contributed by atoms with Crippen LogP contribution in [0.2, 0.25) is 0 Å². The molecule has 3 aromatic rings. The number of hydrogen-bond acceptors (Lipinski definition) is 4. The summed E-state index contributed by atoms with van der Waals surface area (Å²) < 4.78 is 28.8. The molecule has 1 aliphatic heterocycles. The topological polar surface area (TPSA) is 50.2 Å². The van der Waals surface area contributed by atoms with Crippen LogP contribution in [0.25, 0.3) is 0 Å². The second kappa shape index (κ2) is 9.25. The molecule has 1 N–H and O–H groups in total. The average molecular weight is 471 g/mol. The third-order valence-electron chi connectivity index (χ3n) is 6.78. The lowest BCUT2D eigenvalue weighted by Gasteiger charge is -2.28. The Morgan fingerprint density at radius 1 is 1.12 bits per heavy atom. The van der Waals surface area contributed by atoms with Crippen molar-refractivity contribution in [3.8, 4) is 0 Å². The summed E-state index contributed by atoms with van der Waals surface area (Å²) in [6.07, 6.45) is 4.84. The highest BCUT2D eigenvalue weighted by molar-refractivity contribution is 7.14. The van der Waals surface area contributed by atoms with Gasteiger partial charge >= 0.3 is 0 Å². The average Bonchev–Trinajstić information content (AvgIpc) is 3.56. The van der Waals surface area contributed by atoms with E-state index in [1.165, 1.54) is 17.0 Å². The second-order valence-corrected chi connectivity index (χ2v) is 9.92. The Bertz CT molecular complexity index is 1090. The third-order valence-corrected chi connectivity index (χ3v) is 7.55. The third kappa shape index (κ3) is 4.95. The maximum atomic E-state index is 13.5. The van der Waals surface area contributed by atoms with Gasteiger partial charge in [0.05, 0.1) is 11.7 Å². The maximum absolute atomic E-state index is 13.5. The number of anilines is 2. The smallest absolute Gasteiger partial charge is 0.274 e. The van der Waals surface area contributed by atoms with Gasteiger partial charge in [-0.1, -0.05) is 18.2 Å². The Balaban J connectivity index is 1.24. The Kier molecular flexibility index (Phi) is 6.19. The number of halogens is 2. The molecule has 1 atom stereocenters. The van der Waals surface area contributed by atoms with E-state index in [9.17, 15) is 13.6 Å². The number of aromatic nitrogens is 2. The number of carbonyl (C=O) groups excluding carboxylic acids is 1. The number of nitrogens with zero attached hydrogens (tertiary/aromatic N) is 3. The molecule has 2 fully saturated rings. The lowest BCUT2D eigenvalue weighted by molar-refractivity contribution is -0.0473. The monoisotopic (exact) mass is 470 g/mol. The first-order chi connectivity index (χ1) is 16.0. The molecule has 0 radical (unpaired) electrons. The van der Waals surface area contributed by atoms with Crippen molar-refractivity contribution in [2.75, 3.05) is 16.8 Å². The van der Waals surface area contributed by atoms with E-state index in [4.69, 9.17) is 4.98 Å². The van der Waals surface area contributed by atoms with Gasteiger partial charge in [0.1, 0.15) is 5.69 Å². The highest BCUT2D eigenvalue weighted by atomic mass is 32.1. The molecule has 1 saturated carbocycles. The fourth-order valence-electron chi connectivity index (χ4n) is 5.00. The van der Waals surface area contributed by atoms with Gasteiger partial charge < -0.3 is 9.47 Å². The van der Waals surface area contributed by atoms with Gasteiger partial charge in [-0.3, -0.25) is 10.1 Å². The van der Waals surface area contributed by atoms with Crippen LogP contribution in [0, 0.1) is 5.92 Å². The largest absolute Gasteiger partial charge is 0.363 e. The van der Waals surface area contributed by atoms with Crippen LogP contribution in [0.5, 0.6) is 0 Å². The van der Waals surface area contributed by atoms with Crippen LogP contribution < -0.4 is 10.2 Å². The molecule has 2 aliphatic rings. The van der Waals surface area contributed by atoms with Gasteiger partial charge in [0.2, 0.25) is 5.92 Å². The van der Waals surface area contributed by atoms with Crippen LogP contribution in [-0.4, -0.2) is 27.9 Å². The van der Waals surface area contributed by atoms with Gasteiger partial charge in [0.15, 0.2) is 5.13 Å². The van der Waals surface area contributed by atoms with Crippen LogP contribution >= 0.6 is 11.3 Å². The van der Waals surface area contributed by atoms with E-state index in [2.05, 4.69) is 22.3 Å². The number of para-hydroxylation sites is 1. The molecule has 0 spiro atoms. The first kappa shape index (κ1) is 22.1. The normalized spacial score (nSPS) is 20.8. The molecule has 1 aliphatic carbocycles. The Hall–Kier alpha value is -2.74. The minimum atomic E-state index is -2.54. The lowest BCUT2D eigenvalue weighted by Crippen LogP contribution is -2.27. The van der Waals surface area contributed by atoms with E-state index < -0.39 is 5.92 Å². The molecule has 0 bridgehead atoms. The van der Waals surface area contributed by atoms with Crippen molar-refractivity contribution in [3.05, 3.63) is 65.4 Å². The summed E-state index contributed by atoms with van der Waals surface area (Å²) in [4.78, 5) is 20.1. The number of hydrogen-bond donors (Lipinski definition) is 1. The van der Waals surface area contributed by atoms with Crippen LogP contribution in [-0.2, 0) is 6.54 Å². The van der Waals surface area contributed by atoms with Gasteiger partial charge in [-0.25, -0.2) is 13.8 Å². The standard InChI is InChI=1S/C25H28F2N4OS/c26-25(27)12-10-18(11-13-25)16-30-14-4-9-22(30)23(32)29-24-28-20(17-33-24)21-8-5-15-31(21)19-6-2-1-3-7-19/h1-4,6-7,9,14,17-18,21H,5,8,10-13,15-16H2,(H,28,29,32)/t21-/m1/s1. The zero-order valence-electron chi connectivity index (χ0n) is 18.4. The summed E-state index contributed by atoms with van der Waals surface area (Å²) in [6, 6.07) is 14.2. The fraction of sp³-hybridized carbons (Fsp3) is 0.440. The van der Waals surface area contributed by atoms with Crippen molar-refractivity contribution in [1.82, 2.24) is 9.55 Å². The molecule has 0 unspecified atom stereocenters. The van der Waals surface area contributed by atoms with Crippen molar-refractivity contribution in [2.24, 2.45) is 5.92 Å². The molecule has 1 amide bonds. The first-order valence-corrected chi connectivity index (χ1v) is 12.5. The van der Waals surface area contributed by atoms with Crippen LogP contribution in [0.15, 0.2) is 54.0 Å². The quantitative estimate of drug-likeness (QED) is 0.456. The minimum absolute atomic E-state index is 0.0659. The van der Waals surface area contributed by atoms with E-state index >= 15 is 0 Å². The molecule has 3 heterocycles. The molecule has 5 nitrogen and oxygen atoms in total. The summed E-state index contributed by atoms with van der Waals surface area (Å²) >= 11 is 1.44. The SMILES string of the molecule is O=C(Nc1nc([C@H]2CCCN2c2ccccc2)cs1)c1cccn1CC1CCC(F)(F)CC1. The van der Waals surface area contributed by atoms with Crippen molar-refractivity contribution in [3.63, 3.8) is 0 Å². The van der Waals surface area contributed by atoms with Gasteiger partial charge in [-0.05, 0) is 55.9 Å². The summed E-state index contributed by atoms with van der Waals surface area (Å²) in [5, 5.41) is 5.56. The van der Waals surface area contributed by atoms with Gasteiger partial charge in [0.25, 0.3) is 5.91 Å². The summed E-state index contributed by atoms with van der Waals surface area (Å²) in [5.74, 6) is -2.58. The fourth-order valence-corrected chi connectivity index (χ4v) is 5.75. The van der Waals surface area contributed by atoms with E-state index in [0.717, 1.165) is 25.1 Å². The second-order valence-electron chi connectivity index (χ2n) is 9.06. The van der Waals surface area contributed by atoms with E-state index in [1.54, 1.807) is 6.07 Å². The maximum Gasteiger partial charge on any atom is 0.274 e. The van der Waals surface area contributed by atoms with E-state index in [1.807, 2.05) is 40.4 Å². The highest BCUT2D eigenvalue weighted by Gasteiger charge is 2.35. The van der Waals surface area contributed by atoms with Gasteiger partial charge in [-0.2, -0.15) is 0 Å². The van der Waals surface area contributed by atoms with Gasteiger partial charge in [0, 0.05) is 43.2 Å². The minimum Gasteiger partial charge on any atom is -0.363 e. The van der Waals surface area contributed by atoms with Crippen molar-refractivity contribution in [2.45, 2.75) is 57.0 Å². The number of thiazole rings is 1. The van der Waals surface area contributed by atoms with Crippen molar-refractivity contribution >= 4 is 28.1 Å². The predicted molar refractivity (Wildman–Crippen MR) is 127 cm³/mol. The Labute approximate surface area is 196 Å². The summed E-state index contributed by atoms with van der Waals surface area (Å²) in [6.45, 7) is 1.58. The molecular weight excluding hydrogens is 442 g/mol.